The molecule has 3 amide bonds. The second-order valence-electron chi connectivity index (χ2n) is 4.83. The maximum absolute atomic E-state index is 11.8. The third kappa shape index (κ3) is 4.09. The van der Waals surface area contributed by atoms with E-state index in [1.54, 1.807) is 24.3 Å². The first-order chi connectivity index (χ1) is 10.1. The fourth-order valence-electron chi connectivity index (χ4n) is 2.04. The van der Waals surface area contributed by atoms with Crippen molar-refractivity contribution in [3.05, 3.63) is 24.3 Å². The highest BCUT2D eigenvalue weighted by Crippen LogP contribution is 2.22. The number of rotatable bonds is 5. The Labute approximate surface area is 122 Å². The molecule has 1 aromatic rings. The summed E-state index contributed by atoms with van der Waals surface area (Å²) >= 11 is 0. The van der Waals surface area contributed by atoms with Crippen molar-refractivity contribution in [2.45, 2.75) is 19.4 Å². The van der Waals surface area contributed by atoms with Crippen molar-refractivity contribution in [1.29, 1.82) is 0 Å². The van der Waals surface area contributed by atoms with Crippen LogP contribution in [0.2, 0.25) is 0 Å². The van der Waals surface area contributed by atoms with Crippen molar-refractivity contribution in [2.24, 2.45) is 0 Å². The van der Waals surface area contributed by atoms with Crippen LogP contribution in [0.15, 0.2) is 24.3 Å². The van der Waals surface area contributed by atoms with E-state index < -0.39 is 0 Å². The summed E-state index contributed by atoms with van der Waals surface area (Å²) < 4.78 is 4.88. The van der Waals surface area contributed by atoms with E-state index in [-0.39, 0.29) is 24.8 Å². The first-order valence-electron chi connectivity index (χ1n) is 6.83. The third-order valence-corrected chi connectivity index (χ3v) is 3.12. The van der Waals surface area contributed by atoms with Gasteiger partial charge in [0.1, 0.15) is 6.61 Å². The Kier molecular flexibility index (Phi) is 4.99. The summed E-state index contributed by atoms with van der Waals surface area (Å²) in [4.78, 5) is 24.8. The van der Waals surface area contributed by atoms with E-state index in [1.165, 1.54) is 4.90 Å². The zero-order valence-corrected chi connectivity index (χ0v) is 11.8. The Morgan fingerprint density at radius 1 is 1.52 bits per heavy atom. The molecular formula is C14H19N3O4. The number of aliphatic hydroxyl groups is 1. The molecule has 1 fully saturated rings. The van der Waals surface area contributed by atoms with Gasteiger partial charge in [-0.05, 0) is 31.5 Å². The number of ether oxygens (including phenoxy) is 1. The van der Waals surface area contributed by atoms with Gasteiger partial charge in [-0.1, -0.05) is 6.07 Å². The number of hydrogen-bond acceptors (Lipinski definition) is 4. The summed E-state index contributed by atoms with van der Waals surface area (Å²) in [5, 5.41) is 14.2. The Balaban J connectivity index is 1.97. The van der Waals surface area contributed by atoms with Gasteiger partial charge in [-0.15, -0.1) is 0 Å². The molecule has 1 heterocycles. The summed E-state index contributed by atoms with van der Waals surface area (Å²) in [6.45, 7) is 2.71. The number of carbonyl (C=O) groups excluding carboxylic acids is 2. The molecule has 1 aliphatic rings. The van der Waals surface area contributed by atoms with Crippen molar-refractivity contribution in [3.8, 4) is 0 Å². The molecule has 0 aliphatic carbocycles. The summed E-state index contributed by atoms with van der Waals surface area (Å²) in [7, 11) is 0. The molecule has 1 saturated heterocycles. The minimum atomic E-state index is -0.381. The number of nitrogens with one attached hydrogen (secondary N) is 2. The van der Waals surface area contributed by atoms with Gasteiger partial charge >= 0.3 is 12.1 Å². The number of nitrogens with zero attached hydrogens (tertiary/aromatic N) is 1. The van der Waals surface area contributed by atoms with E-state index in [4.69, 9.17) is 9.84 Å². The molecule has 1 aliphatic heterocycles. The molecule has 3 N–H and O–H groups in total. The van der Waals surface area contributed by atoms with Crippen LogP contribution in [0.4, 0.5) is 21.0 Å². The van der Waals surface area contributed by atoms with Gasteiger partial charge in [0.2, 0.25) is 0 Å². The molecule has 7 heteroatoms. The average Bonchev–Trinajstić information content (AvgIpc) is 2.85. The molecule has 21 heavy (non-hydrogen) atoms. The fraction of sp³-hybridized carbons (Fsp3) is 0.429. The number of urea groups is 1. The van der Waals surface area contributed by atoms with Crippen molar-refractivity contribution in [1.82, 2.24) is 5.32 Å². The molecule has 1 atom stereocenters. The quantitative estimate of drug-likeness (QED) is 0.768. The minimum Gasteiger partial charge on any atom is -0.447 e. The zero-order valence-electron chi connectivity index (χ0n) is 11.8. The van der Waals surface area contributed by atoms with Crippen LogP contribution in [0.5, 0.6) is 0 Å². The highest BCUT2D eigenvalue weighted by atomic mass is 16.6. The molecule has 1 aromatic carbocycles. The highest BCUT2D eigenvalue weighted by Gasteiger charge is 2.23. The van der Waals surface area contributed by atoms with Crippen LogP contribution in [-0.4, -0.2) is 43.0 Å². The first-order valence-corrected chi connectivity index (χ1v) is 6.83. The normalized spacial score (nSPS) is 15.5. The lowest BCUT2D eigenvalue weighted by Crippen LogP contribution is -2.36. The lowest BCUT2D eigenvalue weighted by molar-refractivity contribution is 0.181. The monoisotopic (exact) mass is 293 g/mol. The summed E-state index contributed by atoms with van der Waals surface area (Å²) in [5.41, 5.74) is 1.26. The molecule has 0 bridgehead atoms. The predicted octanol–water partition coefficient (Wildman–Crippen LogP) is 1.54. The van der Waals surface area contributed by atoms with E-state index in [9.17, 15) is 9.59 Å². The molecule has 0 unspecified atom stereocenters. The van der Waals surface area contributed by atoms with Gasteiger partial charge < -0.3 is 20.5 Å². The van der Waals surface area contributed by atoms with E-state index in [1.807, 2.05) is 6.92 Å². The van der Waals surface area contributed by atoms with Gasteiger partial charge in [-0.2, -0.15) is 0 Å². The van der Waals surface area contributed by atoms with Gasteiger partial charge in [0.25, 0.3) is 0 Å². The molecule has 0 aromatic heterocycles. The van der Waals surface area contributed by atoms with Crippen LogP contribution in [-0.2, 0) is 4.74 Å². The van der Waals surface area contributed by atoms with Gasteiger partial charge in [0, 0.05) is 24.0 Å². The lowest BCUT2D eigenvalue weighted by atomic mass is 10.2. The Morgan fingerprint density at radius 3 is 3.00 bits per heavy atom. The zero-order chi connectivity index (χ0) is 15.2. The van der Waals surface area contributed by atoms with Crippen molar-refractivity contribution in [2.75, 3.05) is 30.0 Å². The van der Waals surface area contributed by atoms with Crippen molar-refractivity contribution in [3.63, 3.8) is 0 Å². The molecular weight excluding hydrogens is 274 g/mol. The van der Waals surface area contributed by atoms with E-state index in [2.05, 4.69) is 10.6 Å². The number of amides is 3. The van der Waals surface area contributed by atoms with Crippen LogP contribution in [0, 0.1) is 0 Å². The van der Waals surface area contributed by atoms with E-state index in [0.29, 0.717) is 30.9 Å². The molecule has 0 saturated carbocycles. The van der Waals surface area contributed by atoms with E-state index >= 15 is 0 Å². The van der Waals surface area contributed by atoms with Crippen LogP contribution >= 0.6 is 0 Å². The van der Waals surface area contributed by atoms with Gasteiger partial charge in [-0.3, -0.25) is 4.90 Å². The lowest BCUT2D eigenvalue weighted by Gasteiger charge is -2.16. The highest BCUT2D eigenvalue weighted by molar-refractivity contribution is 5.93. The van der Waals surface area contributed by atoms with Crippen molar-refractivity contribution < 1.29 is 19.4 Å². The van der Waals surface area contributed by atoms with Crippen molar-refractivity contribution >= 4 is 23.5 Å². The van der Waals surface area contributed by atoms with Gasteiger partial charge in [0.05, 0.1) is 6.54 Å². The maximum atomic E-state index is 11.8. The second kappa shape index (κ2) is 6.94. The molecule has 7 nitrogen and oxygen atoms in total. The smallest absolute Gasteiger partial charge is 0.414 e. The fourth-order valence-corrected chi connectivity index (χ4v) is 2.04. The molecule has 114 valence electrons. The number of hydrogen-bond donors (Lipinski definition) is 3. The number of benzene rings is 1. The van der Waals surface area contributed by atoms with E-state index in [0.717, 1.165) is 0 Å². The average molecular weight is 293 g/mol. The predicted molar refractivity (Wildman–Crippen MR) is 78.5 cm³/mol. The maximum Gasteiger partial charge on any atom is 0.414 e. The Hall–Kier alpha value is -2.28. The van der Waals surface area contributed by atoms with Crippen LogP contribution < -0.4 is 15.5 Å². The number of cyclic esters (lactones) is 1. The second-order valence-corrected chi connectivity index (χ2v) is 4.83. The Morgan fingerprint density at radius 2 is 2.33 bits per heavy atom. The summed E-state index contributed by atoms with van der Waals surface area (Å²) in [5.74, 6) is 0. The first kappa shape index (κ1) is 15.1. The topological polar surface area (TPSA) is 90.9 Å². The standard InChI is InChI=1S/C14H19N3O4/c1-10(5-7-18)15-13(19)16-11-3-2-4-12(9-11)17-6-8-21-14(17)20/h2-4,9-10,18H,5-8H2,1H3,(H2,15,16,19)/t10-/m0/s1. The minimum absolute atomic E-state index is 0.0218. The van der Waals surface area contributed by atoms with Gasteiger partial charge in [-0.25, -0.2) is 9.59 Å². The molecule has 2 rings (SSSR count). The van der Waals surface area contributed by atoms with Crippen LogP contribution in [0.1, 0.15) is 13.3 Å². The number of anilines is 2. The summed E-state index contributed by atoms with van der Waals surface area (Å²) in [6.07, 6.45) is 0.112. The molecule has 0 radical (unpaired) electrons. The summed E-state index contributed by atoms with van der Waals surface area (Å²) in [6, 6.07) is 6.52. The largest absolute Gasteiger partial charge is 0.447 e. The third-order valence-electron chi connectivity index (χ3n) is 3.12. The van der Waals surface area contributed by atoms with Crippen LogP contribution in [0.25, 0.3) is 0 Å². The molecule has 0 spiro atoms. The Bertz CT molecular complexity index is 521. The SMILES string of the molecule is C[C@@H](CCO)NC(=O)Nc1cccc(N2CCOC2=O)c1. The van der Waals surface area contributed by atoms with Crippen LogP contribution in [0.3, 0.4) is 0 Å². The van der Waals surface area contributed by atoms with Gasteiger partial charge in [0.15, 0.2) is 0 Å². The number of carbonyl (C=O) groups is 2. The number of aliphatic hydroxyl groups excluding tert-OH is 1.